The van der Waals surface area contributed by atoms with Gasteiger partial charge in [0.2, 0.25) is 0 Å². The predicted molar refractivity (Wildman–Crippen MR) is 71.1 cm³/mol. The van der Waals surface area contributed by atoms with Crippen molar-refractivity contribution in [1.29, 1.82) is 0 Å². The molecule has 0 aliphatic heterocycles. The molecule has 0 radical (unpaired) electrons. The molecule has 0 bridgehead atoms. The van der Waals surface area contributed by atoms with E-state index in [2.05, 4.69) is 15.9 Å². The van der Waals surface area contributed by atoms with Crippen LogP contribution in [0.25, 0.3) is 0 Å². The topological polar surface area (TPSA) is 29.5 Å². The lowest BCUT2D eigenvalue weighted by molar-refractivity contribution is 0.214. The first-order valence-corrected chi connectivity index (χ1v) is 6.28. The number of hydrogen-bond acceptors (Lipinski definition) is 2. The molecule has 0 amide bonds. The van der Waals surface area contributed by atoms with Crippen molar-refractivity contribution in [3.63, 3.8) is 0 Å². The van der Waals surface area contributed by atoms with Crippen molar-refractivity contribution in [1.82, 2.24) is 0 Å². The monoisotopic (exact) mass is 328 g/mol. The Kier molecular flexibility index (Phi) is 4.17. The molecule has 0 aliphatic rings. The molecule has 2 aromatic carbocycles. The Morgan fingerprint density at radius 3 is 2.42 bits per heavy atom. The summed E-state index contributed by atoms with van der Waals surface area (Å²) >= 11 is 3.13. The fraction of sp³-hybridized carbons (Fsp3) is 0.143. The van der Waals surface area contributed by atoms with Gasteiger partial charge in [-0.2, -0.15) is 0 Å². The van der Waals surface area contributed by atoms with E-state index in [9.17, 15) is 13.9 Å². The van der Waals surface area contributed by atoms with Crippen LogP contribution < -0.4 is 4.74 Å². The van der Waals surface area contributed by atoms with Crippen LogP contribution in [0.2, 0.25) is 0 Å². The molecule has 0 spiro atoms. The molecule has 1 atom stereocenters. The minimum absolute atomic E-state index is 0.0761. The van der Waals surface area contributed by atoms with E-state index in [1.807, 2.05) is 0 Å². The highest BCUT2D eigenvalue weighted by Gasteiger charge is 2.17. The second-order valence-corrected chi connectivity index (χ2v) is 4.88. The molecule has 0 heterocycles. The van der Waals surface area contributed by atoms with Gasteiger partial charge in [0, 0.05) is 10.0 Å². The van der Waals surface area contributed by atoms with Gasteiger partial charge in [-0.1, -0.05) is 28.1 Å². The summed E-state index contributed by atoms with van der Waals surface area (Å²) in [6, 6.07) is 8.33. The van der Waals surface area contributed by atoms with Gasteiger partial charge in [-0.25, -0.2) is 8.78 Å². The van der Waals surface area contributed by atoms with E-state index >= 15 is 0 Å². The van der Waals surface area contributed by atoms with E-state index in [1.54, 1.807) is 6.07 Å². The summed E-state index contributed by atoms with van der Waals surface area (Å²) in [5.74, 6) is -1.08. The molecule has 100 valence electrons. The van der Waals surface area contributed by atoms with Crippen LogP contribution in [0.1, 0.15) is 17.2 Å². The lowest BCUT2D eigenvalue weighted by Gasteiger charge is -2.13. The zero-order valence-electron chi connectivity index (χ0n) is 10.0. The van der Waals surface area contributed by atoms with Gasteiger partial charge < -0.3 is 9.84 Å². The molecule has 0 fully saturated rings. The SMILES string of the molecule is COc1ccc(C(O)c2ccc(Br)cc2F)cc1F. The number of benzene rings is 2. The average Bonchev–Trinajstić information content (AvgIpc) is 2.38. The Labute approximate surface area is 117 Å². The number of aliphatic hydroxyl groups is 1. The summed E-state index contributed by atoms with van der Waals surface area (Å²) in [5.41, 5.74) is 0.354. The van der Waals surface area contributed by atoms with Crippen molar-refractivity contribution < 1.29 is 18.6 Å². The fourth-order valence-electron chi connectivity index (χ4n) is 1.76. The normalized spacial score (nSPS) is 12.3. The van der Waals surface area contributed by atoms with Gasteiger partial charge in [-0.05, 0) is 29.8 Å². The number of methoxy groups -OCH3 is 1. The molecule has 0 saturated heterocycles. The van der Waals surface area contributed by atoms with Gasteiger partial charge in [-0.15, -0.1) is 0 Å². The van der Waals surface area contributed by atoms with E-state index in [1.165, 1.54) is 31.4 Å². The van der Waals surface area contributed by atoms with Gasteiger partial charge in [0.1, 0.15) is 11.9 Å². The highest BCUT2D eigenvalue weighted by molar-refractivity contribution is 9.10. The summed E-state index contributed by atoms with van der Waals surface area (Å²) < 4.78 is 32.6. The number of halogens is 3. The molecule has 2 rings (SSSR count). The predicted octanol–water partition coefficient (Wildman–Crippen LogP) is 3.82. The van der Waals surface area contributed by atoms with Crippen molar-refractivity contribution in [3.05, 3.63) is 63.6 Å². The maximum Gasteiger partial charge on any atom is 0.165 e. The van der Waals surface area contributed by atoms with Crippen molar-refractivity contribution in [2.45, 2.75) is 6.10 Å². The molecular formula is C14H11BrF2O2. The summed E-state index contributed by atoms with van der Waals surface area (Å²) in [5, 5.41) is 10.1. The number of aliphatic hydroxyl groups excluding tert-OH is 1. The van der Waals surface area contributed by atoms with E-state index < -0.39 is 17.7 Å². The summed E-state index contributed by atoms with van der Waals surface area (Å²) in [6.45, 7) is 0. The maximum atomic E-state index is 13.7. The molecule has 1 unspecified atom stereocenters. The van der Waals surface area contributed by atoms with Crippen molar-refractivity contribution >= 4 is 15.9 Å². The second kappa shape index (κ2) is 5.67. The minimum Gasteiger partial charge on any atom is -0.494 e. The summed E-state index contributed by atoms with van der Waals surface area (Å²) in [4.78, 5) is 0. The smallest absolute Gasteiger partial charge is 0.165 e. The first-order chi connectivity index (χ1) is 9.02. The third-order valence-electron chi connectivity index (χ3n) is 2.75. The quantitative estimate of drug-likeness (QED) is 0.928. The number of hydrogen-bond donors (Lipinski definition) is 1. The van der Waals surface area contributed by atoms with Gasteiger partial charge in [-0.3, -0.25) is 0 Å². The van der Waals surface area contributed by atoms with Crippen LogP contribution in [0.4, 0.5) is 8.78 Å². The highest BCUT2D eigenvalue weighted by atomic mass is 79.9. The Bertz CT molecular complexity index is 602. The zero-order chi connectivity index (χ0) is 14.0. The largest absolute Gasteiger partial charge is 0.494 e. The molecule has 5 heteroatoms. The van der Waals surface area contributed by atoms with Crippen molar-refractivity contribution in [3.8, 4) is 5.75 Å². The second-order valence-electron chi connectivity index (χ2n) is 3.96. The first-order valence-electron chi connectivity index (χ1n) is 5.49. The van der Waals surface area contributed by atoms with Gasteiger partial charge >= 0.3 is 0 Å². The highest BCUT2D eigenvalue weighted by Crippen LogP contribution is 2.28. The Morgan fingerprint density at radius 1 is 1.11 bits per heavy atom. The van der Waals surface area contributed by atoms with E-state index in [0.717, 1.165) is 6.07 Å². The molecule has 0 aromatic heterocycles. The summed E-state index contributed by atoms with van der Waals surface area (Å²) in [7, 11) is 1.35. The molecule has 2 aromatic rings. The minimum atomic E-state index is -1.23. The molecule has 1 N–H and O–H groups in total. The third-order valence-corrected chi connectivity index (χ3v) is 3.24. The average molecular weight is 329 g/mol. The molecular weight excluding hydrogens is 318 g/mol. The van der Waals surface area contributed by atoms with Crippen LogP contribution in [0, 0.1) is 11.6 Å². The van der Waals surface area contributed by atoms with E-state index in [-0.39, 0.29) is 16.9 Å². The standard InChI is InChI=1S/C14H11BrF2O2/c1-19-13-5-2-8(6-12(13)17)14(18)10-4-3-9(15)7-11(10)16/h2-7,14,18H,1H3. The molecule has 19 heavy (non-hydrogen) atoms. The number of ether oxygens (including phenoxy) is 1. The van der Waals surface area contributed by atoms with E-state index in [4.69, 9.17) is 4.74 Å². The van der Waals surface area contributed by atoms with Crippen LogP contribution >= 0.6 is 15.9 Å². The number of rotatable bonds is 3. The van der Waals surface area contributed by atoms with Crippen LogP contribution in [0.15, 0.2) is 40.9 Å². The lowest BCUT2D eigenvalue weighted by Crippen LogP contribution is -2.03. The van der Waals surface area contributed by atoms with Crippen molar-refractivity contribution in [2.75, 3.05) is 7.11 Å². The molecule has 0 aliphatic carbocycles. The van der Waals surface area contributed by atoms with Crippen LogP contribution in [0.5, 0.6) is 5.75 Å². The Balaban J connectivity index is 2.38. The molecule has 2 nitrogen and oxygen atoms in total. The van der Waals surface area contributed by atoms with Crippen LogP contribution in [-0.2, 0) is 0 Å². The Hall–Kier alpha value is -1.46. The van der Waals surface area contributed by atoms with Crippen LogP contribution in [-0.4, -0.2) is 12.2 Å². The Morgan fingerprint density at radius 2 is 1.84 bits per heavy atom. The molecule has 0 saturated carbocycles. The van der Waals surface area contributed by atoms with Gasteiger partial charge in [0.05, 0.1) is 7.11 Å². The first kappa shape index (κ1) is 14.0. The zero-order valence-corrected chi connectivity index (χ0v) is 11.6. The maximum absolute atomic E-state index is 13.7. The lowest BCUT2D eigenvalue weighted by atomic mass is 10.0. The third kappa shape index (κ3) is 2.93. The van der Waals surface area contributed by atoms with Gasteiger partial charge in [0.25, 0.3) is 0 Å². The summed E-state index contributed by atoms with van der Waals surface area (Å²) in [6.07, 6.45) is -1.23. The van der Waals surface area contributed by atoms with Crippen LogP contribution in [0.3, 0.4) is 0 Å². The van der Waals surface area contributed by atoms with E-state index in [0.29, 0.717) is 4.47 Å². The van der Waals surface area contributed by atoms with Crippen molar-refractivity contribution in [2.24, 2.45) is 0 Å². The van der Waals surface area contributed by atoms with Gasteiger partial charge in [0.15, 0.2) is 11.6 Å². The fourth-order valence-corrected chi connectivity index (χ4v) is 2.09.